The van der Waals surface area contributed by atoms with E-state index >= 15 is 0 Å². The molecule has 8 heteroatoms. The van der Waals surface area contributed by atoms with Gasteiger partial charge in [0.15, 0.2) is 5.96 Å². The Morgan fingerprint density at radius 3 is 2.54 bits per heavy atom. The summed E-state index contributed by atoms with van der Waals surface area (Å²) in [6.45, 7) is 6.48. The molecule has 0 amide bonds. The highest BCUT2D eigenvalue weighted by atomic mass is 127. The number of guanidine groups is 1. The van der Waals surface area contributed by atoms with Crippen molar-refractivity contribution in [2.75, 3.05) is 13.1 Å². The van der Waals surface area contributed by atoms with E-state index in [-0.39, 0.29) is 36.6 Å². The van der Waals surface area contributed by atoms with Crippen molar-refractivity contribution in [3.63, 3.8) is 0 Å². The average molecular weight is 459 g/mol. The molecule has 138 valence electrons. The Hall–Kier alpha value is -1.19. The van der Waals surface area contributed by atoms with Gasteiger partial charge in [-0.1, -0.05) is 12.1 Å². The predicted octanol–water partition coefficient (Wildman–Crippen LogP) is 4.10. The third-order valence-electron chi connectivity index (χ3n) is 2.74. The van der Waals surface area contributed by atoms with Crippen LogP contribution in [0.4, 0.5) is 13.2 Å². The minimum atomic E-state index is -4.17. The number of nitrogens with zero attached hydrogens (tertiary/aromatic N) is 1. The summed E-state index contributed by atoms with van der Waals surface area (Å²) >= 11 is 0. The van der Waals surface area contributed by atoms with Gasteiger partial charge in [-0.15, -0.1) is 24.0 Å². The minimum Gasteiger partial charge on any atom is -0.491 e. The van der Waals surface area contributed by atoms with E-state index in [9.17, 15) is 13.2 Å². The lowest BCUT2D eigenvalue weighted by Gasteiger charge is -2.13. The number of rotatable bonds is 7. The van der Waals surface area contributed by atoms with Gasteiger partial charge in [0.1, 0.15) is 5.75 Å². The van der Waals surface area contributed by atoms with Crippen LogP contribution >= 0.6 is 24.0 Å². The largest absolute Gasteiger partial charge is 0.491 e. The minimum absolute atomic E-state index is 0. The van der Waals surface area contributed by atoms with Crippen LogP contribution in [0.1, 0.15) is 32.8 Å². The van der Waals surface area contributed by atoms with E-state index in [1.165, 1.54) is 0 Å². The number of alkyl halides is 3. The maximum atomic E-state index is 12.2. The zero-order valence-corrected chi connectivity index (χ0v) is 16.4. The number of hydrogen-bond donors (Lipinski definition) is 2. The summed E-state index contributed by atoms with van der Waals surface area (Å²) in [5.74, 6) is 1.12. The number of ether oxygens (including phenoxy) is 1. The first-order chi connectivity index (χ1) is 10.8. The van der Waals surface area contributed by atoms with Gasteiger partial charge in [0, 0.05) is 13.1 Å². The Labute approximate surface area is 158 Å². The summed E-state index contributed by atoms with van der Waals surface area (Å²) in [5.41, 5.74) is 0.927. The second-order valence-electron chi connectivity index (χ2n) is 5.30. The third-order valence-corrected chi connectivity index (χ3v) is 2.74. The highest BCUT2D eigenvalue weighted by molar-refractivity contribution is 14.0. The molecule has 0 aromatic heterocycles. The Balaban J connectivity index is 0.00000529. The molecule has 0 aliphatic carbocycles. The van der Waals surface area contributed by atoms with Crippen LogP contribution in [0.2, 0.25) is 0 Å². The zero-order chi connectivity index (χ0) is 17.3. The van der Waals surface area contributed by atoms with Gasteiger partial charge < -0.3 is 15.4 Å². The second kappa shape index (κ2) is 11.4. The number of halogens is 4. The molecule has 24 heavy (non-hydrogen) atoms. The van der Waals surface area contributed by atoms with Crippen molar-refractivity contribution in [2.45, 2.75) is 46.0 Å². The van der Waals surface area contributed by atoms with Gasteiger partial charge in [-0.25, -0.2) is 4.99 Å². The molecular formula is C16H25F3IN3O. The zero-order valence-electron chi connectivity index (χ0n) is 14.1. The van der Waals surface area contributed by atoms with E-state index in [2.05, 4.69) is 15.6 Å². The third kappa shape index (κ3) is 10.6. The summed E-state index contributed by atoms with van der Waals surface area (Å²) in [4.78, 5) is 4.30. The average Bonchev–Trinajstić information content (AvgIpc) is 2.43. The molecule has 0 aliphatic heterocycles. The molecular weight excluding hydrogens is 434 g/mol. The molecule has 0 bridgehead atoms. The lowest BCUT2D eigenvalue weighted by molar-refractivity contribution is -0.132. The molecule has 0 spiro atoms. The molecule has 0 unspecified atom stereocenters. The Bertz CT molecular complexity index is 508. The van der Waals surface area contributed by atoms with E-state index < -0.39 is 12.6 Å². The Kier molecular flexibility index (Phi) is 10.8. The van der Waals surface area contributed by atoms with E-state index in [1.807, 2.05) is 45.0 Å². The van der Waals surface area contributed by atoms with Gasteiger partial charge in [-0.05, 0) is 38.5 Å². The molecule has 0 heterocycles. The number of nitrogens with one attached hydrogen (secondary N) is 2. The predicted molar refractivity (Wildman–Crippen MR) is 101 cm³/mol. The molecule has 0 radical (unpaired) electrons. The topological polar surface area (TPSA) is 45.7 Å². The molecule has 0 aliphatic rings. The van der Waals surface area contributed by atoms with Crippen LogP contribution in [0.3, 0.4) is 0 Å². The van der Waals surface area contributed by atoms with Crippen LogP contribution in [0.15, 0.2) is 29.3 Å². The molecule has 0 saturated carbocycles. The summed E-state index contributed by atoms with van der Waals surface area (Å²) in [7, 11) is 0. The van der Waals surface area contributed by atoms with Crippen molar-refractivity contribution in [1.82, 2.24) is 10.6 Å². The fraction of sp³-hybridized carbons (Fsp3) is 0.562. The molecule has 4 nitrogen and oxygen atoms in total. The summed E-state index contributed by atoms with van der Waals surface area (Å²) in [6, 6.07) is 7.51. The van der Waals surface area contributed by atoms with E-state index in [0.29, 0.717) is 19.0 Å². The maximum absolute atomic E-state index is 12.2. The number of hydrogen-bond acceptors (Lipinski definition) is 2. The fourth-order valence-corrected chi connectivity index (χ4v) is 1.82. The summed E-state index contributed by atoms with van der Waals surface area (Å²) < 4.78 is 42.1. The Morgan fingerprint density at radius 1 is 1.25 bits per heavy atom. The molecule has 2 N–H and O–H groups in total. The Morgan fingerprint density at radius 2 is 1.96 bits per heavy atom. The normalized spacial score (nSPS) is 11.9. The van der Waals surface area contributed by atoms with Gasteiger partial charge in [-0.2, -0.15) is 13.2 Å². The van der Waals surface area contributed by atoms with Crippen molar-refractivity contribution in [2.24, 2.45) is 4.99 Å². The SMILES string of the molecule is CCNC(=NCc1cccc(OC(C)C)c1)NCCC(F)(F)F.I. The first-order valence-electron chi connectivity index (χ1n) is 7.64. The fourth-order valence-electron chi connectivity index (χ4n) is 1.82. The van der Waals surface area contributed by atoms with Crippen LogP contribution in [0.25, 0.3) is 0 Å². The van der Waals surface area contributed by atoms with Crippen LogP contribution < -0.4 is 15.4 Å². The number of aliphatic imine (C=N–C) groups is 1. The molecule has 0 fully saturated rings. The van der Waals surface area contributed by atoms with Crippen LogP contribution in [-0.2, 0) is 6.54 Å². The molecule has 0 saturated heterocycles. The van der Waals surface area contributed by atoms with Crippen molar-refractivity contribution >= 4 is 29.9 Å². The summed E-state index contributed by atoms with van der Waals surface area (Å²) in [6.07, 6.45) is -4.99. The van der Waals surface area contributed by atoms with Gasteiger partial charge in [0.2, 0.25) is 0 Å². The quantitative estimate of drug-likeness (QED) is 0.367. The van der Waals surface area contributed by atoms with Crippen LogP contribution in [0, 0.1) is 0 Å². The highest BCUT2D eigenvalue weighted by Gasteiger charge is 2.26. The molecule has 1 aromatic carbocycles. The van der Waals surface area contributed by atoms with E-state index in [4.69, 9.17) is 4.74 Å². The van der Waals surface area contributed by atoms with Crippen molar-refractivity contribution in [3.8, 4) is 5.75 Å². The van der Waals surface area contributed by atoms with Crippen molar-refractivity contribution in [3.05, 3.63) is 29.8 Å². The van der Waals surface area contributed by atoms with Crippen molar-refractivity contribution < 1.29 is 17.9 Å². The van der Waals surface area contributed by atoms with E-state index in [0.717, 1.165) is 11.3 Å². The maximum Gasteiger partial charge on any atom is 0.390 e. The van der Waals surface area contributed by atoms with Crippen LogP contribution in [-0.4, -0.2) is 31.3 Å². The summed E-state index contributed by atoms with van der Waals surface area (Å²) in [5, 5.41) is 5.61. The lowest BCUT2D eigenvalue weighted by Crippen LogP contribution is -2.38. The first kappa shape index (κ1) is 22.8. The van der Waals surface area contributed by atoms with Gasteiger partial charge in [-0.3, -0.25) is 0 Å². The standard InChI is InChI=1S/C16H24F3N3O.HI/c1-4-20-15(21-9-8-16(17,18)19)22-11-13-6-5-7-14(10-13)23-12(2)3;/h5-7,10,12H,4,8-9,11H2,1-3H3,(H2,20,21,22);1H. The number of benzene rings is 1. The second-order valence-corrected chi connectivity index (χ2v) is 5.30. The van der Waals surface area contributed by atoms with Crippen molar-refractivity contribution in [1.29, 1.82) is 0 Å². The van der Waals surface area contributed by atoms with E-state index in [1.54, 1.807) is 0 Å². The lowest BCUT2D eigenvalue weighted by atomic mass is 10.2. The van der Waals surface area contributed by atoms with Gasteiger partial charge in [0.05, 0.1) is 19.1 Å². The monoisotopic (exact) mass is 459 g/mol. The van der Waals surface area contributed by atoms with Gasteiger partial charge in [0.25, 0.3) is 0 Å². The smallest absolute Gasteiger partial charge is 0.390 e. The molecule has 1 rings (SSSR count). The van der Waals surface area contributed by atoms with Crippen LogP contribution in [0.5, 0.6) is 5.75 Å². The first-order valence-corrected chi connectivity index (χ1v) is 7.64. The molecule has 0 atom stereocenters. The van der Waals surface area contributed by atoms with Gasteiger partial charge >= 0.3 is 6.18 Å². The highest BCUT2D eigenvalue weighted by Crippen LogP contribution is 2.18. The molecule has 1 aromatic rings.